The van der Waals surface area contributed by atoms with Gasteiger partial charge in [-0.15, -0.1) is 11.3 Å². The molecule has 1 aromatic rings. The van der Waals surface area contributed by atoms with Crippen LogP contribution in [0.1, 0.15) is 4.88 Å². The van der Waals surface area contributed by atoms with E-state index in [4.69, 9.17) is 0 Å². The highest BCUT2D eigenvalue weighted by molar-refractivity contribution is 7.91. The lowest BCUT2D eigenvalue weighted by atomic mass is 10.0. The molecule has 0 N–H and O–H groups in total. The fraction of sp³-hybridized carbons (Fsp3) is 0.500. The van der Waals surface area contributed by atoms with Gasteiger partial charge in [-0.25, -0.2) is 18.1 Å². The largest absolute Gasteiger partial charge is 0.439 e. The molecule has 0 spiro atoms. The van der Waals surface area contributed by atoms with Crippen LogP contribution < -0.4 is 0 Å². The molecule has 2 aliphatic rings. The first-order chi connectivity index (χ1) is 9.88. The summed E-state index contributed by atoms with van der Waals surface area (Å²) < 4.78 is 30.9. The Morgan fingerprint density at radius 3 is 2.57 bits per heavy atom. The second-order valence-electron chi connectivity index (χ2n) is 5.11. The highest BCUT2D eigenvalue weighted by Gasteiger charge is 2.41. The van der Waals surface area contributed by atoms with Crippen molar-refractivity contribution in [3.05, 3.63) is 17.0 Å². The van der Waals surface area contributed by atoms with Crippen LogP contribution in [-0.4, -0.2) is 55.9 Å². The van der Waals surface area contributed by atoms with Crippen molar-refractivity contribution >= 4 is 33.4 Å². The predicted octanol–water partition coefficient (Wildman–Crippen LogP) is 0.656. The van der Waals surface area contributed by atoms with Gasteiger partial charge in [0.2, 0.25) is 0 Å². The molecule has 0 aromatic carbocycles. The number of carbonyl (C=O) groups is 2. The highest BCUT2D eigenvalue weighted by atomic mass is 32.2. The summed E-state index contributed by atoms with van der Waals surface area (Å²) in [6, 6.07) is 3.37. The molecule has 0 radical (unpaired) electrons. The smallest absolute Gasteiger partial charge is 0.417 e. The Hall–Kier alpha value is -1.45. The van der Waals surface area contributed by atoms with E-state index in [-0.39, 0.29) is 25.0 Å². The lowest BCUT2D eigenvalue weighted by Crippen LogP contribution is -2.54. The highest BCUT2D eigenvalue weighted by Crippen LogP contribution is 2.30. The van der Waals surface area contributed by atoms with Crippen molar-refractivity contribution in [2.75, 3.05) is 26.2 Å². The quantitative estimate of drug-likeness (QED) is 0.809. The molecule has 2 saturated heterocycles. The van der Waals surface area contributed by atoms with Gasteiger partial charge in [0.05, 0.1) is 0 Å². The lowest BCUT2D eigenvalue weighted by Gasteiger charge is -2.38. The van der Waals surface area contributed by atoms with Crippen LogP contribution in [0.15, 0.2) is 16.3 Å². The van der Waals surface area contributed by atoms with Crippen LogP contribution in [0, 0.1) is 12.8 Å². The van der Waals surface area contributed by atoms with Gasteiger partial charge >= 0.3 is 6.09 Å². The fourth-order valence-electron chi connectivity index (χ4n) is 2.33. The van der Waals surface area contributed by atoms with Crippen LogP contribution in [0.25, 0.3) is 0 Å². The summed E-state index contributed by atoms with van der Waals surface area (Å²) in [6.07, 6.45) is -0.643. The summed E-state index contributed by atoms with van der Waals surface area (Å²) in [4.78, 5) is 24.7. The van der Waals surface area contributed by atoms with Crippen LogP contribution >= 0.6 is 11.3 Å². The van der Waals surface area contributed by atoms with Crippen LogP contribution in [-0.2, 0) is 19.6 Å². The van der Waals surface area contributed by atoms with E-state index in [1.54, 1.807) is 12.1 Å². The summed E-state index contributed by atoms with van der Waals surface area (Å²) in [5, 5.41) is 0. The van der Waals surface area contributed by atoms with E-state index in [0.29, 0.717) is 17.3 Å². The van der Waals surface area contributed by atoms with E-state index in [1.165, 1.54) is 15.6 Å². The topological polar surface area (TPSA) is 84.0 Å². The number of nitrogens with zero attached hydrogens (tertiary/aromatic N) is 2. The van der Waals surface area contributed by atoms with Gasteiger partial charge < -0.3 is 4.74 Å². The number of rotatable bonds is 4. The Morgan fingerprint density at radius 2 is 2.05 bits per heavy atom. The SMILES string of the molecule is Cc1ccc(S(=O)(=O)N2CC(CN3C(=O)COC3=O)C2)s1. The zero-order valence-corrected chi connectivity index (χ0v) is 12.9. The van der Waals surface area contributed by atoms with Crippen molar-refractivity contribution in [3.63, 3.8) is 0 Å². The molecule has 1 aromatic heterocycles. The van der Waals surface area contributed by atoms with Crippen LogP contribution in [0.5, 0.6) is 0 Å². The summed E-state index contributed by atoms with van der Waals surface area (Å²) in [5.41, 5.74) is 0. The standard InChI is InChI=1S/C12H14N2O5S2/c1-8-2-3-11(20-8)21(17,18)13-4-9(5-13)6-14-10(15)7-19-12(14)16/h2-3,9H,4-7H2,1H3. The molecular weight excluding hydrogens is 316 g/mol. The average molecular weight is 330 g/mol. The molecule has 9 heteroatoms. The Labute approximate surface area is 126 Å². The van der Waals surface area contributed by atoms with E-state index >= 15 is 0 Å². The lowest BCUT2D eigenvalue weighted by molar-refractivity contribution is -0.126. The third-order valence-corrected chi connectivity index (χ3v) is 6.81. The van der Waals surface area contributed by atoms with Gasteiger partial charge in [0.15, 0.2) is 6.61 Å². The summed E-state index contributed by atoms with van der Waals surface area (Å²) in [6.45, 7) is 2.48. The molecule has 2 aliphatic heterocycles. The third-order valence-electron chi connectivity index (χ3n) is 3.51. The Morgan fingerprint density at radius 1 is 1.33 bits per heavy atom. The van der Waals surface area contributed by atoms with E-state index in [0.717, 1.165) is 9.78 Å². The van der Waals surface area contributed by atoms with E-state index in [9.17, 15) is 18.0 Å². The summed E-state index contributed by atoms with van der Waals surface area (Å²) in [7, 11) is -3.44. The molecule has 0 unspecified atom stereocenters. The molecular formula is C12H14N2O5S2. The van der Waals surface area contributed by atoms with Crippen molar-refractivity contribution in [1.82, 2.24) is 9.21 Å². The normalized spacial score (nSPS) is 20.7. The van der Waals surface area contributed by atoms with Gasteiger partial charge in [0, 0.05) is 30.4 Å². The number of thiophene rings is 1. The van der Waals surface area contributed by atoms with E-state index in [2.05, 4.69) is 4.74 Å². The second kappa shape index (κ2) is 5.08. The Kier molecular flexibility index (Phi) is 3.50. The molecule has 0 aliphatic carbocycles. The average Bonchev–Trinajstić information content (AvgIpc) is 2.92. The first kappa shape index (κ1) is 14.5. The Balaban J connectivity index is 1.61. The molecule has 0 saturated carbocycles. The van der Waals surface area contributed by atoms with Crippen molar-refractivity contribution < 1.29 is 22.7 Å². The van der Waals surface area contributed by atoms with Crippen LogP contribution in [0.4, 0.5) is 4.79 Å². The number of sulfonamides is 1. The predicted molar refractivity (Wildman–Crippen MR) is 74.4 cm³/mol. The zero-order valence-electron chi connectivity index (χ0n) is 11.3. The first-order valence-electron chi connectivity index (χ1n) is 6.41. The molecule has 7 nitrogen and oxygen atoms in total. The molecule has 3 heterocycles. The number of cyclic esters (lactones) is 1. The second-order valence-corrected chi connectivity index (χ2v) is 8.56. The van der Waals surface area contributed by atoms with Crippen molar-refractivity contribution in [3.8, 4) is 0 Å². The van der Waals surface area contributed by atoms with E-state index < -0.39 is 16.1 Å². The molecule has 2 amide bonds. The number of ether oxygens (including phenoxy) is 1. The zero-order chi connectivity index (χ0) is 15.2. The minimum absolute atomic E-state index is 0.0320. The summed E-state index contributed by atoms with van der Waals surface area (Å²) >= 11 is 1.24. The van der Waals surface area contributed by atoms with Gasteiger partial charge in [-0.2, -0.15) is 4.31 Å². The monoisotopic (exact) mass is 330 g/mol. The van der Waals surface area contributed by atoms with Crippen molar-refractivity contribution in [1.29, 1.82) is 0 Å². The van der Waals surface area contributed by atoms with Crippen LogP contribution in [0.3, 0.4) is 0 Å². The molecule has 21 heavy (non-hydrogen) atoms. The summed E-state index contributed by atoms with van der Waals surface area (Å²) in [5.74, 6) is -0.398. The van der Waals surface area contributed by atoms with E-state index in [1.807, 2.05) is 6.92 Å². The van der Waals surface area contributed by atoms with Crippen LogP contribution in [0.2, 0.25) is 0 Å². The van der Waals surface area contributed by atoms with Gasteiger partial charge in [-0.05, 0) is 19.1 Å². The maximum absolute atomic E-state index is 12.3. The van der Waals surface area contributed by atoms with Crippen molar-refractivity contribution in [2.24, 2.45) is 5.92 Å². The first-order valence-corrected chi connectivity index (χ1v) is 8.67. The molecule has 2 fully saturated rings. The van der Waals surface area contributed by atoms with Gasteiger partial charge in [0.25, 0.3) is 15.9 Å². The maximum atomic E-state index is 12.3. The number of hydrogen-bond acceptors (Lipinski definition) is 6. The van der Waals surface area contributed by atoms with Gasteiger partial charge in [-0.3, -0.25) is 4.79 Å². The number of imide groups is 1. The van der Waals surface area contributed by atoms with Gasteiger partial charge in [0.1, 0.15) is 4.21 Å². The molecule has 0 bridgehead atoms. The minimum Gasteiger partial charge on any atom is -0.439 e. The third kappa shape index (κ3) is 2.56. The number of hydrogen-bond donors (Lipinski definition) is 0. The van der Waals surface area contributed by atoms with Crippen molar-refractivity contribution in [2.45, 2.75) is 11.1 Å². The minimum atomic E-state index is -3.44. The maximum Gasteiger partial charge on any atom is 0.417 e. The number of carbonyl (C=O) groups excluding carboxylic acids is 2. The molecule has 3 rings (SSSR count). The number of aryl methyl sites for hydroxylation is 1. The Bertz CT molecular complexity index is 674. The molecule has 0 atom stereocenters. The number of amides is 2. The molecule has 114 valence electrons. The van der Waals surface area contributed by atoms with Gasteiger partial charge in [-0.1, -0.05) is 0 Å². The fourth-order valence-corrected chi connectivity index (χ4v) is 5.36.